The lowest BCUT2D eigenvalue weighted by Gasteiger charge is -2.15. The van der Waals surface area contributed by atoms with Gasteiger partial charge in [-0.15, -0.1) is 0 Å². The molecule has 2 aromatic rings. The molecule has 2 nitrogen and oxygen atoms in total. The first kappa shape index (κ1) is 14.6. The van der Waals surface area contributed by atoms with E-state index in [1.54, 1.807) is 0 Å². The summed E-state index contributed by atoms with van der Waals surface area (Å²) in [4.78, 5) is 3.24. The SMILES string of the molecule is CC(C)CCCC(C)n1c(=S)[nH]c2cc(Cl)ccc21. The fraction of sp³-hybridized carbons (Fsp3) is 0.533. The summed E-state index contributed by atoms with van der Waals surface area (Å²) in [5.41, 5.74) is 2.17. The summed E-state index contributed by atoms with van der Waals surface area (Å²) >= 11 is 11.5. The molecule has 0 radical (unpaired) electrons. The molecule has 0 saturated carbocycles. The van der Waals surface area contributed by atoms with Gasteiger partial charge in [0.05, 0.1) is 11.0 Å². The monoisotopic (exact) mass is 296 g/mol. The Morgan fingerprint density at radius 2 is 2.00 bits per heavy atom. The maximum Gasteiger partial charge on any atom is 0.178 e. The highest BCUT2D eigenvalue weighted by atomic mass is 35.5. The largest absolute Gasteiger partial charge is 0.331 e. The highest BCUT2D eigenvalue weighted by Crippen LogP contribution is 2.25. The third-order valence-electron chi connectivity index (χ3n) is 3.52. The minimum Gasteiger partial charge on any atom is -0.331 e. The molecule has 0 amide bonds. The maximum atomic E-state index is 6.02. The minimum atomic E-state index is 0.418. The molecule has 1 atom stereocenters. The van der Waals surface area contributed by atoms with E-state index in [9.17, 15) is 0 Å². The lowest BCUT2D eigenvalue weighted by atomic mass is 10.0. The number of hydrogen-bond donors (Lipinski definition) is 1. The maximum absolute atomic E-state index is 6.02. The Morgan fingerprint density at radius 1 is 1.26 bits per heavy atom. The van der Waals surface area contributed by atoms with Crippen molar-refractivity contribution in [3.8, 4) is 0 Å². The van der Waals surface area contributed by atoms with Crippen molar-refractivity contribution in [2.24, 2.45) is 5.92 Å². The number of aromatic amines is 1. The number of H-pyrrole nitrogens is 1. The summed E-state index contributed by atoms with van der Waals surface area (Å²) in [5, 5.41) is 0.739. The molecule has 0 spiro atoms. The van der Waals surface area contributed by atoms with Crippen LogP contribution < -0.4 is 0 Å². The van der Waals surface area contributed by atoms with Crippen LogP contribution in [0.25, 0.3) is 11.0 Å². The quantitative estimate of drug-likeness (QED) is 0.698. The van der Waals surface area contributed by atoms with Gasteiger partial charge in [0.25, 0.3) is 0 Å². The van der Waals surface area contributed by atoms with Gasteiger partial charge >= 0.3 is 0 Å². The van der Waals surface area contributed by atoms with Crippen molar-refractivity contribution >= 4 is 34.9 Å². The topological polar surface area (TPSA) is 20.7 Å². The summed E-state index contributed by atoms with van der Waals surface area (Å²) in [6, 6.07) is 6.32. The van der Waals surface area contributed by atoms with Crippen molar-refractivity contribution in [2.45, 2.75) is 46.1 Å². The second-order valence-electron chi connectivity index (χ2n) is 5.64. The lowest BCUT2D eigenvalue weighted by molar-refractivity contribution is 0.451. The smallest absolute Gasteiger partial charge is 0.178 e. The summed E-state index contributed by atoms with van der Waals surface area (Å²) in [5.74, 6) is 0.766. The molecule has 104 valence electrons. The molecule has 0 aliphatic carbocycles. The molecule has 19 heavy (non-hydrogen) atoms. The average Bonchev–Trinajstić information content (AvgIpc) is 2.63. The minimum absolute atomic E-state index is 0.418. The Balaban J connectivity index is 2.24. The Hall–Kier alpha value is -0.800. The number of imidazole rings is 1. The zero-order valence-electron chi connectivity index (χ0n) is 11.7. The van der Waals surface area contributed by atoms with Crippen LogP contribution in [0.5, 0.6) is 0 Å². The zero-order chi connectivity index (χ0) is 14.0. The van der Waals surface area contributed by atoms with Crippen molar-refractivity contribution in [3.63, 3.8) is 0 Å². The molecule has 0 saturated heterocycles. The van der Waals surface area contributed by atoms with Crippen LogP contribution in [0.3, 0.4) is 0 Å². The number of aromatic nitrogens is 2. The molecule has 0 aliphatic heterocycles. The zero-order valence-corrected chi connectivity index (χ0v) is 13.3. The van der Waals surface area contributed by atoms with E-state index in [4.69, 9.17) is 23.8 Å². The first-order valence-electron chi connectivity index (χ1n) is 6.89. The van der Waals surface area contributed by atoms with Crippen LogP contribution in [0.4, 0.5) is 0 Å². The molecule has 1 unspecified atom stereocenters. The number of nitrogens with one attached hydrogen (secondary N) is 1. The second-order valence-corrected chi connectivity index (χ2v) is 6.46. The standard InChI is InChI=1S/C15H21ClN2S/c1-10(2)5-4-6-11(3)18-14-8-7-12(16)9-13(14)17-15(18)19/h7-11H,4-6H2,1-3H3,(H,17,19). The van der Waals surface area contributed by atoms with Crippen molar-refractivity contribution in [1.82, 2.24) is 9.55 Å². The fourth-order valence-corrected chi connectivity index (χ4v) is 3.05. The summed E-state index contributed by atoms with van der Waals surface area (Å²) < 4.78 is 3.00. The summed E-state index contributed by atoms with van der Waals surface area (Å²) in [6.45, 7) is 6.77. The number of rotatable bonds is 5. The van der Waals surface area contributed by atoms with Crippen LogP contribution in [-0.4, -0.2) is 9.55 Å². The molecule has 1 aromatic heterocycles. The van der Waals surface area contributed by atoms with Crippen molar-refractivity contribution in [1.29, 1.82) is 0 Å². The van der Waals surface area contributed by atoms with Crippen LogP contribution in [0, 0.1) is 10.7 Å². The molecule has 2 rings (SSSR count). The highest BCUT2D eigenvalue weighted by molar-refractivity contribution is 7.71. The first-order valence-corrected chi connectivity index (χ1v) is 7.67. The van der Waals surface area contributed by atoms with E-state index in [1.165, 1.54) is 12.8 Å². The van der Waals surface area contributed by atoms with Gasteiger partial charge in [0, 0.05) is 11.1 Å². The van der Waals surface area contributed by atoms with Gasteiger partial charge in [-0.1, -0.05) is 38.3 Å². The summed E-state index contributed by atoms with van der Waals surface area (Å²) in [7, 11) is 0. The van der Waals surface area contributed by atoms with Gasteiger partial charge in [0.1, 0.15) is 0 Å². The number of fused-ring (bicyclic) bond motifs is 1. The van der Waals surface area contributed by atoms with E-state index in [2.05, 4.69) is 30.3 Å². The fourth-order valence-electron chi connectivity index (χ4n) is 2.49. The Bertz CT molecular complexity index is 612. The molecule has 4 heteroatoms. The van der Waals surface area contributed by atoms with Gasteiger partial charge in [-0.05, 0) is 49.7 Å². The van der Waals surface area contributed by atoms with E-state index in [0.717, 1.165) is 33.2 Å². The Labute approximate surface area is 124 Å². The molecular formula is C15H21ClN2S. The lowest BCUT2D eigenvalue weighted by Crippen LogP contribution is -2.05. The van der Waals surface area contributed by atoms with Gasteiger partial charge in [0.15, 0.2) is 4.77 Å². The molecule has 1 aromatic carbocycles. The van der Waals surface area contributed by atoms with Crippen LogP contribution in [-0.2, 0) is 0 Å². The molecule has 1 N–H and O–H groups in total. The Kier molecular flexibility index (Phi) is 4.69. The average molecular weight is 297 g/mol. The predicted octanol–water partition coefficient (Wildman–Crippen LogP) is 5.74. The number of nitrogens with zero attached hydrogens (tertiary/aromatic N) is 1. The molecule has 0 bridgehead atoms. The van der Waals surface area contributed by atoms with Gasteiger partial charge in [0.2, 0.25) is 0 Å². The molecular weight excluding hydrogens is 276 g/mol. The van der Waals surface area contributed by atoms with Crippen LogP contribution in [0.15, 0.2) is 18.2 Å². The number of benzene rings is 1. The highest BCUT2D eigenvalue weighted by Gasteiger charge is 2.11. The number of hydrogen-bond acceptors (Lipinski definition) is 1. The third-order valence-corrected chi connectivity index (χ3v) is 4.06. The molecule has 1 heterocycles. The van der Waals surface area contributed by atoms with Crippen molar-refractivity contribution in [3.05, 3.63) is 28.0 Å². The molecule has 0 aliphatic rings. The van der Waals surface area contributed by atoms with Crippen molar-refractivity contribution < 1.29 is 0 Å². The van der Waals surface area contributed by atoms with Crippen molar-refractivity contribution in [2.75, 3.05) is 0 Å². The van der Waals surface area contributed by atoms with Crippen LogP contribution >= 0.6 is 23.8 Å². The van der Waals surface area contributed by atoms with Crippen LogP contribution in [0.1, 0.15) is 46.1 Å². The van der Waals surface area contributed by atoms with E-state index in [1.807, 2.05) is 18.2 Å². The van der Waals surface area contributed by atoms with E-state index < -0.39 is 0 Å². The first-order chi connectivity index (χ1) is 8.99. The van der Waals surface area contributed by atoms with E-state index in [-0.39, 0.29) is 0 Å². The number of halogens is 1. The normalized spacial score (nSPS) is 13.3. The second kappa shape index (κ2) is 6.10. The van der Waals surface area contributed by atoms with Crippen LogP contribution in [0.2, 0.25) is 5.02 Å². The third kappa shape index (κ3) is 3.40. The van der Waals surface area contributed by atoms with E-state index >= 15 is 0 Å². The molecule has 0 fully saturated rings. The van der Waals surface area contributed by atoms with Gasteiger partial charge in [-0.3, -0.25) is 0 Å². The summed E-state index contributed by atoms with van der Waals surface area (Å²) in [6.07, 6.45) is 3.66. The Morgan fingerprint density at radius 3 is 2.68 bits per heavy atom. The van der Waals surface area contributed by atoms with Gasteiger partial charge in [-0.2, -0.15) is 0 Å². The predicted molar refractivity (Wildman–Crippen MR) is 85.5 cm³/mol. The van der Waals surface area contributed by atoms with Gasteiger partial charge in [-0.25, -0.2) is 0 Å². The van der Waals surface area contributed by atoms with E-state index in [0.29, 0.717) is 6.04 Å². The van der Waals surface area contributed by atoms with Gasteiger partial charge < -0.3 is 9.55 Å².